The molecule has 2 fully saturated rings. The molecule has 2 heterocycles. The van der Waals surface area contributed by atoms with Crippen LogP contribution in [0.2, 0.25) is 5.02 Å². The molecule has 1 aromatic rings. The zero-order chi connectivity index (χ0) is 14.8. The Morgan fingerprint density at radius 1 is 1.33 bits per heavy atom. The van der Waals surface area contributed by atoms with Gasteiger partial charge in [-0.05, 0) is 30.9 Å². The van der Waals surface area contributed by atoms with Crippen molar-refractivity contribution in [3.63, 3.8) is 0 Å². The summed E-state index contributed by atoms with van der Waals surface area (Å²) in [7, 11) is 0. The quantitative estimate of drug-likeness (QED) is 0.645. The molecule has 114 valence electrons. The minimum atomic E-state index is -0.122. The van der Waals surface area contributed by atoms with Gasteiger partial charge in [-0.3, -0.25) is 9.69 Å². The molecular weight excluding hydrogens is 290 g/mol. The minimum absolute atomic E-state index is 0.122. The first-order valence-electron chi connectivity index (χ1n) is 7.32. The zero-order valence-electron chi connectivity index (χ0n) is 11.9. The van der Waals surface area contributed by atoms with Crippen LogP contribution in [0.3, 0.4) is 0 Å². The summed E-state index contributed by atoms with van der Waals surface area (Å²) in [5, 5.41) is 0.361. The normalized spacial score (nSPS) is 19.6. The number of anilines is 1. The highest BCUT2D eigenvalue weighted by molar-refractivity contribution is 6.33. The van der Waals surface area contributed by atoms with Gasteiger partial charge in [0, 0.05) is 32.7 Å². The lowest BCUT2D eigenvalue weighted by Gasteiger charge is -2.34. The van der Waals surface area contributed by atoms with E-state index < -0.39 is 0 Å². The van der Waals surface area contributed by atoms with Gasteiger partial charge in [-0.25, -0.2) is 10.8 Å². The van der Waals surface area contributed by atoms with E-state index in [1.165, 1.54) is 19.4 Å². The van der Waals surface area contributed by atoms with Gasteiger partial charge in [0.1, 0.15) is 11.5 Å². The van der Waals surface area contributed by atoms with Gasteiger partial charge in [0.15, 0.2) is 0 Å². The van der Waals surface area contributed by atoms with Gasteiger partial charge < -0.3 is 10.3 Å². The second-order valence-electron chi connectivity index (χ2n) is 5.71. The van der Waals surface area contributed by atoms with E-state index in [1.807, 2.05) is 4.90 Å². The number of nitrogens with zero attached hydrogens (tertiary/aromatic N) is 3. The minimum Gasteiger partial charge on any atom is -0.335 e. The molecule has 2 aliphatic rings. The molecule has 3 N–H and O–H groups in total. The van der Waals surface area contributed by atoms with Gasteiger partial charge in [0.2, 0.25) is 0 Å². The summed E-state index contributed by atoms with van der Waals surface area (Å²) in [6.45, 7) is 4.48. The Balaban J connectivity index is 1.63. The summed E-state index contributed by atoms with van der Waals surface area (Å²) < 4.78 is 0. The Kier molecular flexibility index (Phi) is 4.28. The van der Waals surface area contributed by atoms with Crippen molar-refractivity contribution in [3.8, 4) is 0 Å². The van der Waals surface area contributed by atoms with Crippen molar-refractivity contribution >= 4 is 23.3 Å². The Morgan fingerprint density at radius 3 is 2.67 bits per heavy atom. The van der Waals surface area contributed by atoms with Crippen molar-refractivity contribution in [1.82, 2.24) is 14.8 Å². The van der Waals surface area contributed by atoms with E-state index in [9.17, 15) is 4.79 Å². The summed E-state index contributed by atoms with van der Waals surface area (Å²) in [6, 6.07) is 3.28. The number of carbonyl (C=O) groups is 1. The highest BCUT2D eigenvalue weighted by Crippen LogP contribution is 2.30. The van der Waals surface area contributed by atoms with Crippen molar-refractivity contribution in [2.75, 3.05) is 38.1 Å². The van der Waals surface area contributed by atoms with E-state index in [-0.39, 0.29) is 11.6 Å². The van der Waals surface area contributed by atoms with E-state index in [2.05, 4.69) is 15.3 Å². The topological polar surface area (TPSA) is 74.5 Å². The van der Waals surface area contributed by atoms with Crippen LogP contribution in [0.25, 0.3) is 0 Å². The maximum atomic E-state index is 12.5. The fourth-order valence-corrected chi connectivity index (χ4v) is 2.81. The van der Waals surface area contributed by atoms with Gasteiger partial charge in [-0.2, -0.15) is 0 Å². The Hall–Kier alpha value is -1.37. The Labute approximate surface area is 129 Å². The van der Waals surface area contributed by atoms with Crippen molar-refractivity contribution in [2.45, 2.75) is 12.8 Å². The van der Waals surface area contributed by atoms with E-state index in [0.29, 0.717) is 10.8 Å². The van der Waals surface area contributed by atoms with E-state index >= 15 is 0 Å². The van der Waals surface area contributed by atoms with Crippen LogP contribution >= 0.6 is 11.6 Å². The highest BCUT2D eigenvalue weighted by atomic mass is 35.5. The molecule has 0 radical (unpaired) electrons. The molecule has 1 aliphatic carbocycles. The second-order valence-corrected chi connectivity index (χ2v) is 6.11. The maximum Gasteiger partial charge on any atom is 0.274 e. The smallest absolute Gasteiger partial charge is 0.274 e. The van der Waals surface area contributed by atoms with Crippen LogP contribution in [0, 0.1) is 5.92 Å². The third kappa shape index (κ3) is 3.45. The van der Waals surface area contributed by atoms with Crippen LogP contribution in [-0.2, 0) is 0 Å². The maximum absolute atomic E-state index is 12.5. The van der Waals surface area contributed by atoms with Gasteiger partial charge in [0.25, 0.3) is 5.91 Å². The van der Waals surface area contributed by atoms with Gasteiger partial charge in [-0.1, -0.05) is 11.6 Å². The number of piperazine rings is 1. The molecule has 1 saturated heterocycles. The number of nitrogen functional groups attached to an aromatic ring is 1. The lowest BCUT2D eigenvalue weighted by molar-refractivity contribution is 0.0626. The summed E-state index contributed by atoms with van der Waals surface area (Å²) in [6.07, 6.45) is 2.72. The molecule has 3 rings (SSSR count). The number of nitrogens with one attached hydrogen (secondary N) is 1. The number of nitrogens with two attached hydrogens (primary N) is 1. The number of amides is 1. The van der Waals surface area contributed by atoms with Gasteiger partial charge >= 0.3 is 0 Å². The van der Waals surface area contributed by atoms with Gasteiger partial charge in [-0.15, -0.1) is 0 Å². The zero-order valence-corrected chi connectivity index (χ0v) is 12.6. The largest absolute Gasteiger partial charge is 0.335 e. The molecule has 1 aliphatic heterocycles. The first-order valence-corrected chi connectivity index (χ1v) is 7.70. The number of aromatic nitrogens is 1. The molecule has 0 aromatic carbocycles. The Bertz CT molecular complexity index is 526. The SMILES string of the molecule is NNc1ccc(Cl)c(C(=O)N2CCN(CC3CC3)CC2)n1. The number of hydrogen-bond acceptors (Lipinski definition) is 5. The fourth-order valence-electron chi connectivity index (χ4n) is 2.62. The highest BCUT2D eigenvalue weighted by Gasteiger charge is 2.28. The average molecular weight is 310 g/mol. The average Bonchev–Trinajstić information content (AvgIpc) is 3.32. The number of carbonyl (C=O) groups excluding carboxylic acids is 1. The molecule has 1 amide bonds. The Morgan fingerprint density at radius 2 is 2.05 bits per heavy atom. The summed E-state index contributed by atoms with van der Waals surface area (Å²) >= 11 is 6.08. The van der Waals surface area contributed by atoms with Crippen LogP contribution < -0.4 is 11.3 Å². The van der Waals surface area contributed by atoms with Crippen molar-refractivity contribution in [3.05, 3.63) is 22.8 Å². The van der Waals surface area contributed by atoms with Crippen LogP contribution in [0.4, 0.5) is 5.82 Å². The van der Waals surface area contributed by atoms with Crippen molar-refractivity contribution in [2.24, 2.45) is 11.8 Å². The summed E-state index contributed by atoms with van der Waals surface area (Å²) in [5.74, 6) is 6.53. The molecule has 0 unspecified atom stereocenters. The molecular formula is C14H20ClN5O. The van der Waals surface area contributed by atoms with Crippen LogP contribution in [0.1, 0.15) is 23.3 Å². The summed E-state index contributed by atoms with van der Waals surface area (Å²) in [4.78, 5) is 20.9. The molecule has 7 heteroatoms. The standard InChI is InChI=1S/C14H20ClN5O/c15-11-3-4-12(18-16)17-13(11)14(21)20-7-5-19(6-8-20)9-10-1-2-10/h3-4,10H,1-2,5-9,16H2,(H,17,18). The van der Waals surface area contributed by atoms with Crippen molar-refractivity contribution < 1.29 is 4.79 Å². The van der Waals surface area contributed by atoms with Crippen LogP contribution in [-0.4, -0.2) is 53.4 Å². The van der Waals surface area contributed by atoms with Crippen molar-refractivity contribution in [1.29, 1.82) is 0 Å². The predicted octanol–water partition coefficient (Wildman–Crippen LogP) is 1.19. The molecule has 0 atom stereocenters. The number of hydrogen-bond donors (Lipinski definition) is 2. The fraction of sp³-hybridized carbons (Fsp3) is 0.571. The lowest BCUT2D eigenvalue weighted by Crippen LogP contribution is -2.49. The predicted molar refractivity (Wildman–Crippen MR) is 82.1 cm³/mol. The number of pyridine rings is 1. The molecule has 0 bridgehead atoms. The molecule has 21 heavy (non-hydrogen) atoms. The van der Waals surface area contributed by atoms with Crippen LogP contribution in [0.5, 0.6) is 0 Å². The third-order valence-corrected chi connectivity index (χ3v) is 4.37. The number of halogens is 1. The molecule has 0 spiro atoms. The summed E-state index contributed by atoms with van der Waals surface area (Å²) in [5.41, 5.74) is 2.71. The van der Waals surface area contributed by atoms with E-state index in [4.69, 9.17) is 17.4 Å². The molecule has 1 aromatic heterocycles. The first kappa shape index (κ1) is 14.6. The molecule has 6 nitrogen and oxygen atoms in total. The molecule has 1 saturated carbocycles. The number of rotatable bonds is 4. The number of hydrazine groups is 1. The van der Waals surface area contributed by atoms with E-state index in [1.54, 1.807) is 12.1 Å². The third-order valence-electron chi connectivity index (χ3n) is 4.07. The lowest BCUT2D eigenvalue weighted by atomic mass is 10.2. The van der Waals surface area contributed by atoms with E-state index in [0.717, 1.165) is 32.1 Å². The van der Waals surface area contributed by atoms with Gasteiger partial charge in [0.05, 0.1) is 5.02 Å². The first-order chi connectivity index (χ1) is 10.2. The monoisotopic (exact) mass is 309 g/mol. The second kappa shape index (κ2) is 6.17. The van der Waals surface area contributed by atoms with Crippen LogP contribution in [0.15, 0.2) is 12.1 Å².